The van der Waals surface area contributed by atoms with Crippen molar-refractivity contribution in [1.82, 2.24) is 4.98 Å². The summed E-state index contributed by atoms with van der Waals surface area (Å²) >= 11 is 0. The van der Waals surface area contributed by atoms with Crippen molar-refractivity contribution >= 4 is 16.6 Å². The molecule has 3 heteroatoms. The predicted octanol–water partition coefficient (Wildman–Crippen LogP) is 4.68. The minimum Gasteiger partial charge on any atom is -0.506 e. The highest BCUT2D eigenvalue weighted by atomic mass is 16.3. The molecule has 0 atom stereocenters. The Hall–Kier alpha value is -2.55. The molecule has 0 aliphatic rings. The van der Waals surface area contributed by atoms with Gasteiger partial charge < -0.3 is 10.4 Å². The van der Waals surface area contributed by atoms with Gasteiger partial charge in [-0.3, -0.25) is 0 Å². The summed E-state index contributed by atoms with van der Waals surface area (Å²) in [6.07, 6.45) is 2.00. The molecule has 0 aliphatic carbocycles. The van der Waals surface area contributed by atoms with Gasteiger partial charge in [-0.05, 0) is 36.1 Å². The maximum absolute atomic E-state index is 9.96. The zero-order chi connectivity index (χ0) is 16.2. The third-order valence-electron chi connectivity index (χ3n) is 4.20. The Labute approximate surface area is 137 Å². The Morgan fingerprint density at radius 3 is 2.30 bits per heavy atom. The summed E-state index contributed by atoms with van der Waals surface area (Å²) in [6, 6.07) is 15.9. The van der Waals surface area contributed by atoms with Crippen LogP contribution in [0, 0.1) is 0 Å². The molecule has 2 N–H and O–H groups in total. The SMILES string of the molecule is CCc1cccc(CC)c1NCc1ccc2cccc(O)c2n1. The molecule has 2 aromatic carbocycles. The molecule has 0 aliphatic heterocycles. The standard InChI is InChI=1S/C20H22N2O/c1-3-14-7-5-8-15(4-2)19(14)21-13-17-12-11-16-9-6-10-18(23)20(16)22-17/h5-12,21,23H,3-4,13H2,1-2H3. The van der Waals surface area contributed by atoms with Crippen molar-refractivity contribution in [2.75, 3.05) is 5.32 Å². The number of aromatic hydroxyl groups is 1. The summed E-state index contributed by atoms with van der Waals surface area (Å²) in [7, 11) is 0. The van der Waals surface area contributed by atoms with Crippen molar-refractivity contribution in [1.29, 1.82) is 0 Å². The fourth-order valence-electron chi connectivity index (χ4n) is 2.92. The number of nitrogens with zero attached hydrogens (tertiary/aromatic N) is 1. The topological polar surface area (TPSA) is 45.1 Å². The minimum absolute atomic E-state index is 0.229. The second-order valence-corrected chi connectivity index (χ2v) is 5.66. The Bertz CT molecular complexity index is 805. The highest BCUT2D eigenvalue weighted by molar-refractivity contribution is 5.84. The van der Waals surface area contributed by atoms with Gasteiger partial charge in [0.15, 0.2) is 0 Å². The number of anilines is 1. The molecule has 3 aromatic rings. The van der Waals surface area contributed by atoms with E-state index in [1.165, 1.54) is 16.8 Å². The molecule has 0 radical (unpaired) electrons. The van der Waals surface area contributed by atoms with E-state index in [2.05, 4.69) is 42.3 Å². The molecule has 0 bridgehead atoms. The lowest BCUT2D eigenvalue weighted by Gasteiger charge is -2.15. The third-order valence-corrected chi connectivity index (χ3v) is 4.20. The maximum Gasteiger partial charge on any atom is 0.141 e. The van der Waals surface area contributed by atoms with Gasteiger partial charge in [0.2, 0.25) is 0 Å². The Morgan fingerprint density at radius 2 is 1.61 bits per heavy atom. The third kappa shape index (κ3) is 3.14. The van der Waals surface area contributed by atoms with Gasteiger partial charge in [0.25, 0.3) is 0 Å². The van der Waals surface area contributed by atoms with Gasteiger partial charge in [0.05, 0.1) is 12.2 Å². The fraction of sp³-hybridized carbons (Fsp3) is 0.250. The number of nitrogens with one attached hydrogen (secondary N) is 1. The zero-order valence-electron chi connectivity index (χ0n) is 13.6. The van der Waals surface area contributed by atoms with Crippen molar-refractivity contribution < 1.29 is 5.11 Å². The van der Waals surface area contributed by atoms with Gasteiger partial charge in [-0.15, -0.1) is 0 Å². The fourth-order valence-corrected chi connectivity index (χ4v) is 2.92. The van der Waals surface area contributed by atoms with E-state index < -0.39 is 0 Å². The molecular weight excluding hydrogens is 284 g/mol. The van der Waals surface area contributed by atoms with E-state index in [1.54, 1.807) is 6.07 Å². The van der Waals surface area contributed by atoms with E-state index in [1.807, 2.05) is 24.3 Å². The molecule has 0 unspecified atom stereocenters. The first-order chi connectivity index (χ1) is 11.2. The molecule has 0 saturated heterocycles. The highest BCUT2D eigenvalue weighted by Crippen LogP contribution is 2.25. The van der Waals surface area contributed by atoms with Crippen LogP contribution in [-0.2, 0) is 19.4 Å². The number of fused-ring (bicyclic) bond motifs is 1. The number of rotatable bonds is 5. The number of phenols is 1. The largest absolute Gasteiger partial charge is 0.506 e. The molecule has 0 fully saturated rings. The molecule has 3 rings (SSSR count). The van der Waals surface area contributed by atoms with Crippen LogP contribution >= 0.6 is 0 Å². The van der Waals surface area contributed by atoms with E-state index in [-0.39, 0.29) is 5.75 Å². The smallest absolute Gasteiger partial charge is 0.141 e. The summed E-state index contributed by atoms with van der Waals surface area (Å²) in [5.74, 6) is 0.229. The van der Waals surface area contributed by atoms with Crippen LogP contribution in [0.2, 0.25) is 0 Å². The van der Waals surface area contributed by atoms with Gasteiger partial charge in [-0.1, -0.05) is 50.2 Å². The lowest BCUT2D eigenvalue weighted by atomic mass is 10.0. The zero-order valence-corrected chi connectivity index (χ0v) is 13.6. The number of hydrogen-bond donors (Lipinski definition) is 2. The molecule has 0 spiro atoms. The Morgan fingerprint density at radius 1 is 0.913 bits per heavy atom. The first-order valence-electron chi connectivity index (χ1n) is 8.15. The van der Waals surface area contributed by atoms with Crippen molar-refractivity contribution in [3.63, 3.8) is 0 Å². The lowest BCUT2D eigenvalue weighted by molar-refractivity contribution is 0.480. The first kappa shape index (κ1) is 15.3. The molecule has 0 saturated carbocycles. The van der Waals surface area contributed by atoms with Crippen LogP contribution in [-0.4, -0.2) is 10.1 Å². The van der Waals surface area contributed by atoms with Crippen LogP contribution < -0.4 is 5.32 Å². The Kier molecular flexibility index (Phi) is 4.47. The molecular formula is C20H22N2O. The number of para-hydroxylation sites is 2. The average Bonchev–Trinajstić information content (AvgIpc) is 2.60. The summed E-state index contributed by atoms with van der Waals surface area (Å²) in [5, 5.41) is 14.5. The molecule has 23 heavy (non-hydrogen) atoms. The van der Waals surface area contributed by atoms with Crippen molar-refractivity contribution in [2.24, 2.45) is 0 Å². The van der Waals surface area contributed by atoms with Crippen LogP contribution in [0.1, 0.15) is 30.7 Å². The van der Waals surface area contributed by atoms with Crippen LogP contribution in [0.15, 0.2) is 48.5 Å². The maximum atomic E-state index is 9.96. The highest BCUT2D eigenvalue weighted by Gasteiger charge is 2.07. The normalized spacial score (nSPS) is 10.9. The summed E-state index contributed by atoms with van der Waals surface area (Å²) in [4.78, 5) is 4.59. The van der Waals surface area contributed by atoms with Gasteiger partial charge in [0, 0.05) is 11.1 Å². The quantitative estimate of drug-likeness (QED) is 0.719. The number of benzene rings is 2. The lowest BCUT2D eigenvalue weighted by Crippen LogP contribution is -2.06. The van der Waals surface area contributed by atoms with E-state index in [9.17, 15) is 5.11 Å². The number of hydrogen-bond acceptors (Lipinski definition) is 3. The summed E-state index contributed by atoms with van der Waals surface area (Å²) in [6.45, 7) is 4.99. The monoisotopic (exact) mass is 306 g/mol. The minimum atomic E-state index is 0.229. The van der Waals surface area contributed by atoms with E-state index in [0.717, 1.165) is 23.9 Å². The first-order valence-corrected chi connectivity index (χ1v) is 8.15. The summed E-state index contributed by atoms with van der Waals surface area (Å²) < 4.78 is 0. The van der Waals surface area contributed by atoms with Crippen LogP contribution in [0.25, 0.3) is 10.9 Å². The second-order valence-electron chi connectivity index (χ2n) is 5.66. The van der Waals surface area contributed by atoms with E-state index >= 15 is 0 Å². The average molecular weight is 306 g/mol. The van der Waals surface area contributed by atoms with Crippen molar-refractivity contribution in [3.8, 4) is 5.75 Å². The van der Waals surface area contributed by atoms with Crippen molar-refractivity contribution in [2.45, 2.75) is 33.2 Å². The van der Waals surface area contributed by atoms with Gasteiger partial charge >= 0.3 is 0 Å². The van der Waals surface area contributed by atoms with Crippen molar-refractivity contribution in [3.05, 3.63) is 65.4 Å². The van der Waals surface area contributed by atoms with Gasteiger partial charge in [0.1, 0.15) is 11.3 Å². The second kappa shape index (κ2) is 6.69. The van der Waals surface area contributed by atoms with Crippen LogP contribution in [0.4, 0.5) is 5.69 Å². The molecule has 3 nitrogen and oxygen atoms in total. The predicted molar refractivity (Wildman–Crippen MR) is 95.9 cm³/mol. The molecule has 0 amide bonds. The summed E-state index contributed by atoms with van der Waals surface area (Å²) in [5.41, 5.74) is 5.45. The van der Waals surface area contributed by atoms with Crippen LogP contribution in [0.3, 0.4) is 0 Å². The van der Waals surface area contributed by atoms with E-state index in [0.29, 0.717) is 12.1 Å². The van der Waals surface area contributed by atoms with E-state index in [4.69, 9.17) is 0 Å². The number of pyridine rings is 1. The molecule has 118 valence electrons. The van der Waals surface area contributed by atoms with Gasteiger partial charge in [-0.2, -0.15) is 0 Å². The number of aromatic nitrogens is 1. The molecule has 1 heterocycles. The number of phenolic OH excluding ortho intramolecular Hbond substituents is 1. The number of aryl methyl sites for hydroxylation is 2. The van der Waals surface area contributed by atoms with Crippen LogP contribution in [0.5, 0.6) is 5.75 Å². The molecule has 1 aromatic heterocycles. The van der Waals surface area contributed by atoms with Gasteiger partial charge in [-0.25, -0.2) is 4.98 Å². The Balaban J connectivity index is 1.88.